The van der Waals surface area contributed by atoms with Crippen LogP contribution in [0.5, 0.6) is 0 Å². The lowest BCUT2D eigenvalue weighted by atomic mass is 9.77. The first-order chi connectivity index (χ1) is 8.92. The first-order valence-electron chi connectivity index (χ1n) is 7.64. The van der Waals surface area contributed by atoms with Crippen molar-refractivity contribution in [1.29, 1.82) is 0 Å². The average Bonchev–Trinajstić information content (AvgIpc) is 2.48. The second-order valence-electron chi connectivity index (χ2n) is 6.98. The standard InChI is InChI=1S/C15H29N3O/c1-12-11-17(4)9-6-10-18(12)14(19)13-15(2,3)7-5-8-16-13/h12-13,16H,5-11H2,1-4H3. The van der Waals surface area contributed by atoms with E-state index < -0.39 is 0 Å². The van der Waals surface area contributed by atoms with E-state index in [4.69, 9.17) is 0 Å². The lowest BCUT2D eigenvalue weighted by Crippen LogP contribution is -2.58. The van der Waals surface area contributed by atoms with Gasteiger partial charge >= 0.3 is 0 Å². The molecule has 19 heavy (non-hydrogen) atoms. The molecule has 2 saturated heterocycles. The molecule has 0 saturated carbocycles. The van der Waals surface area contributed by atoms with Crippen LogP contribution in [-0.4, -0.2) is 61.0 Å². The Morgan fingerprint density at radius 2 is 2.00 bits per heavy atom. The summed E-state index contributed by atoms with van der Waals surface area (Å²) in [6.07, 6.45) is 3.40. The van der Waals surface area contributed by atoms with Crippen molar-refractivity contribution in [3.63, 3.8) is 0 Å². The van der Waals surface area contributed by atoms with Gasteiger partial charge in [0.05, 0.1) is 6.04 Å². The molecule has 2 aliphatic heterocycles. The topological polar surface area (TPSA) is 35.6 Å². The quantitative estimate of drug-likeness (QED) is 0.778. The van der Waals surface area contributed by atoms with E-state index in [0.29, 0.717) is 11.9 Å². The van der Waals surface area contributed by atoms with E-state index >= 15 is 0 Å². The Kier molecular flexibility index (Phi) is 4.51. The van der Waals surface area contributed by atoms with Crippen molar-refractivity contribution >= 4 is 5.91 Å². The SMILES string of the molecule is CC1CN(C)CCCN1C(=O)C1NCCCC1(C)C. The van der Waals surface area contributed by atoms with Gasteiger partial charge in [-0.1, -0.05) is 13.8 Å². The highest BCUT2D eigenvalue weighted by molar-refractivity contribution is 5.83. The number of rotatable bonds is 1. The van der Waals surface area contributed by atoms with Crippen molar-refractivity contribution < 1.29 is 4.79 Å². The third-order valence-electron chi connectivity index (χ3n) is 4.70. The molecule has 0 radical (unpaired) electrons. The molecule has 4 nitrogen and oxygen atoms in total. The summed E-state index contributed by atoms with van der Waals surface area (Å²) in [6.45, 7) is 10.6. The van der Waals surface area contributed by atoms with Crippen LogP contribution in [0.25, 0.3) is 0 Å². The van der Waals surface area contributed by atoms with Crippen LogP contribution in [0.15, 0.2) is 0 Å². The fraction of sp³-hybridized carbons (Fsp3) is 0.933. The number of amides is 1. The number of piperidine rings is 1. The van der Waals surface area contributed by atoms with E-state index in [0.717, 1.165) is 39.0 Å². The van der Waals surface area contributed by atoms with Crippen LogP contribution in [-0.2, 0) is 4.79 Å². The number of nitrogens with one attached hydrogen (secondary N) is 1. The van der Waals surface area contributed by atoms with Gasteiger partial charge in [-0.3, -0.25) is 4.79 Å². The van der Waals surface area contributed by atoms with Crippen LogP contribution >= 0.6 is 0 Å². The molecule has 0 spiro atoms. The van der Waals surface area contributed by atoms with Crippen molar-refractivity contribution in [3.05, 3.63) is 0 Å². The van der Waals surface area contributed by atoms with Crippen LogP contribution < -0.4 is 5.32 Å². The van der Waals surface area contributed by atoms with E-state index in [1.54, 1.807) is 0 Å². The number of likely N-dealkylation sites (N-methyl/N-ethyl adjacent to an activating group) is 1. The van der Waals surface area contributed by atoms with E-state index in [-0.39, 0.29) is 11.5 Å². The molecule has 0 aliphatic carbocycles. The summed E-state index contributed by atoms with van der Waals surface area (Å²) in [5.74, 6) is 0.313. The first kappa shape index (κ1) is 14.8. The van der Waals surface area contributed by atoms with Gasteiger partial charge in [0, 0.05) is 19.1 Å². The van der Waals surface area contributed by atoms with Crippen molar-refractivity contribution in [2.75, 3.05) is 33.2 Å². The Bertz CT molecular complexity index is 329. The van der Waals surface area contributed by atoms with Gasteiger partial charge in [0.25, 0.3) is 0 Å². The fourth-order valence-electron chi connectivity index (χ4n) is 3.50. The molecular weight excluding hydrogens is 238 g/mol. The molecule has 1 N–H and O–H groups in total. The lowest BCUT2D eigenvalue weighted by molar-refractivity contribution is -0.139. The third kappa shape index (κ3) is 3.29. The Morgan fingerprint density at radius 3 is 2.68 bits per heavy atom. The highest BCUT2D eigenvalue weighted by Gasteiger charge is 2.40. The zero-order chi connectivity index (χ0) is 14.0. The monoisotopic (exact) mass is 267 g/mol. The lowest BCUT2D eigenvalue weighted by Gasteiger charge is -2.42. The van der Waals surface area contributed by atoms with Gasteiger partial charge in [-0.2, -0.15) is 0 Å². The van der Waals surface area contributed by atoms with Crippen molar-refractivity contribution in [3.8, 4) is 0 Å². The molecular formula is C15H29N3O. The fourth-order valence-corrected chi connectivity index (χ4v) is 3.50. The van der Waals surface area contributed by atoms with Crippen LogP contribution in [0, 0.1) is 5.41 Å². The van der Waals surface area contributed by atoms with Crippen LogP contribution in [0.2, 0.25) is 0 Å². The highest BCUT2D eigenvalue weighted by atomic mass is 16.2. The van der Waals surface area contributed by atoms with Gasteiger partial charge in [0.1, 0.15) is 0 Å². The number of carbonyl (C=O) groups excluding carboxylic acids is 1. The van der Waals surface area contributed by atoms with E-state index in [9.17, 15) is 4.79 Å². The minimum absolute atomic E-state index is 0.00731. The molecule has 0 aromatic carbocycles. The molecule has 1 amide bonds. The molecule has 0 aromatic rings. The Morgan fingerprint density at radius 1 is 1.26 bits per heavy atom. The maximum atomic E-state index is 12.9. The summed E-state index contributed by atoms with van der Waals surface area (Å²) in [4.78, 5) is 17.3. The molecule has 4 heteroatoms. The van der Waals surface area contributed by atoms with Gasteiger partial charge in [0.2, 0.25) is 5.91 Å². The predicted molar refractivity (Wildman–Crippen MR) is 78.1 cm³/mol. The van der Waals surface area contributed by atoms with E-state index in [1.807, 2.05) is 0 Å². The summed E-state index contributed by atoms with van der Waals surface area (Å²) >= 11 is 0. The molecule has 2 unspecified atom stereocenters. The van der Waals surface area contributed by atoms with Gasteiger partial charge in [-0.05, 0) is 51.7 Å². The number of carbonyl (C=O) groups is 1. The van der Waals surface area contributed by atoms with Gasteiger partial charge in [-0.15, -0.1) is 0 Å². The minimum Gasteiger partial charge on any atom is -0.337 e. The predicted octanol–water partition coefficient (Wildman–Crippen LogP) is 1.32. The molecule has 2 atom stereocenters. The molecule has 2 aliphatic rings. The highest BCUT2D eigenvalue weighted by Crippen LogP contribution is 2.31. The summed E-state index contributed by atoms with van der Waals surface area (Å²) in [5, 5.41) is 3.45. The van der Waals surface area contributed by atoms with Gasteiger partial charge in [-0.25, -0.2) is 0 Å². The van der Waals surface area contributed by atoms with Crippen LogP contribution in [0.1, 0.15) is 40.0 Å². The first-order valence-corrected chi connectivity index (χ1v) is 7.64. The maximum absolute atomic E-state index is 12.9. The Labute approximate surface area is 117 Å². The number of nitrogens with zero attached hydrogens (tertiary/aromatic N) is 2. The molecule has 0 bridgehead atoms. The normalized spacial score (nSPS) is 32.9. The second kappa shape index (κ2) is 5.80. The number of hydrogen-bond donors (Lipinski definition) is 1. The maximum Gasteiger partial charge on any atom is 0.240 e. The van der Waals surface area contributed by atoms with Gasteiger partial charge < -0.3 is 15.1 Å². The molecule has 2 rings (SSSR count). The molecule has 0 aromatic heterocycles. The van der Waals surface area contributed by atoms with E-state index in [1.165, 1.54) is 6.42 Å². The van der Waals surface area contributed by atoms with Crippen molar-refractivity contribution in [2.24, 2.45) is 5.41 Å². The summed E-state index contributed by atoms with van der Waals surface area (Å²) in [6, 6.07) is 0.312. The largest absolute Gasteiger partial charge is 0.337 e. The third-order valence-corrected chi connectivity index (χ3v) is 4.70. The average molecular weight is 267 g/mol. The number of hydrogen-bond acceptors (Lipinski definition) is 3. The zero-order valence-electron chi connectivity index (χ0n) is 12.9. The summed E-state index contributed by atoms with van der Waals surface area (Å²) in [7, 11) is 2.15. The van der Waals surface area contributed by atoms with Crippen molar-refractivity contribution in [2.45, 2.75) is 52.1 Å². The Hall–Kier alpha value is -0.610. The summed E-state index contributed by atoms with van der Waals surface area (Å²) in [5.41, 5.74) is 0.0766. The molecule has 2 heterocycles. The minimum atomic E-state index is -0.00731. The smallest absolute Gasteiger partial charge is 0.240 e. The second-order valence-corrected chi connectivity index (χ2v) is 6.98. The van der Waals surface area contributed by atoms with Gasteiger partial charge in [0.15, 0.2) is 0 Å². The van der Waals surface area contributed by atoms with Crippen LogP contribution in [0.3, 0.4) is 0 Å². The molecule has 110 valence electrons. The molecule has 2 fully saturated rings. The zero-order valence-corrected chi connectivity index (χ0v) is 12.9. The van der Waals surface area contributed by atoms with E-state index in [2.05, 4.69) is 42.9 Å². The van der Waals surface area contributed by atoms with Crippen molar-refractivity contribution in [1.82, 2.24) is 15.1 Å². The summed E-state index contributed by atoms with van der Waals surface area (Å²) < 4.78 is 0. The van der Waals surface area contributed by atoms with Crippen LogP contribution in [0.4, 0.5) is 0 Å². The Balaban J connectivity index is 2.09.